The summed E-state index contributed by atoms with van der Waals surface area (Å²) in [6, 6.07) is 3.85. The Morgan fingerprint density at radius 1 is 1.53 bits per heavy atom. The second kappa shape index (κ2) is 3.84. The van der Waals surface area contributed by atoms with Crippen molar-refractivity contribution in [2.45, 2.75) is 18.8 Å². The zero-order valence-corrected chi connectivity index (χ0v) is 10.9. The van der Waals surface area contributed by atoms with Crippen LogP contribution in [-0.4, -0.2) is 22.7 Å². The first-order valence-electron chi connectivity index (χ1n) is 5.47. The number of methoxy groups -OCH3 is 1. The Hall–Kier alpha value is -1.36. The SMILES string of the molecule is COC(=O)c1cnn2c(C3CC3)c(Br)ccc12. The zero-order chi connectivity index (χ0) is 12.0. The third kappa shape index (κ3) is 1.65. The van der Waals surface area contributed by atoms with Gasteiger partial charge in [-0.15, -0.1) is 0 Å². The molecule has 0 N–H and O–H groups in total. The van der Waals surface area contributed by atoms with Crippen molar-refractivity contribution in [3.63, 3.8) is 0 Å². The number of esters is 1. The van der Waals surface area contributed by atoms with E-state index in [4.69, 9.17) is 4.74 Å². The van der Waals surface area contributed by atoms with Crippen molar-refractivity contribution in [3.8, 4) is 0 Å². The predicted molar refractivity (Wildman–Crippen MR) is 66.2 cm³/mol. The Kier molecular flexibility index (Phi) is 2.43. The lowest BCUT2D eigenvalue weighted by Crippen LogP contribution is -2.02. The van der Waals surface area contributed by atoms with E-state index >= 15 is 0 Å². The fraction of sp³-hybridized carbons (Fsp3) is 0.333. The smallest absolute Gasteiger partial charge is 0.341 e. The molecule has 0 aliphatic heterocycles. The monoisotopic (exact) mass is 294 g/mol. The minimum Gasteiger partial charge on any atom is -0.465 e. The van der Waals surface area contributed by atoms with Crippen LogP contribution in [0.4, 0.5) is 0 Å². The Labute approximate surface area is 107 Å². The van der Waals surface area contributed by atoms with Crippen molar-refractivity contribution in [2.24, 2.45) is 0 Å². The molecule has 88 valence electrons. The fourth-order valence-corrected chi connectivity index (χ4v) is 2.66. The number of aromatic nitrogens is 2. The maximum absolute atomic E-state index is 11.6. The molecule has 1 saturated carbocycles. The molecule has 1 fully saturated rings. The number of carbonyl (C=O) groups excluding carboxylic acids is 1. The molecule has 17 heavy (non-hydrogen) atoms. The van der Waals surface area contributed by atoms with Gasteiger partial charge in [0.15, 0.2) is 0 Å². The summed E-state index contributed by atoms with van der Waals surface area (Å²) in [6.45, 7) is 0. The van der Waals surface area contributed by atoms with Gasteiger partial charge in [-0.1, -0.05) is 0 Å². The van der Waals surface area contributed by atoms with Gasteiger partial charge in [-0.2, -0.15) is 5.10 Å². The van der Waals surface area contributed by atoms with Gasteiger partial charge in [0.25, 0.3) is 0 Å². The van der Waals surface area contributed by atoms with Gasteiger partial charge in [-0.05, 0) is 40.9 Å². The highest BCUT2D eigenvalue weighted by Gasteiger charge is 2.29. The van der Waals surface area contributed by atoms with E-state index in [1.807, 2.05) is 16.6 Å². The van der Waals surface area contributed by atoms with Crippen LogP contribution >= 0.6 is 15.9 Å². The Morgan fingerprint density at radius 2 is 2.29 bits per heavy atom. The lowest BCUT2D eigenvalue weighted by molar-refractivity contribution is 0.0603. The van der Waals surface area contributed by atoms with Gasteiger partial charge < -0.3 is 4.74 Å². The average Bonchev–Trinajstić information content (AvgIpc) is 3.07. The number of ether oxygens (including phenoxy) is 1. The van der Waals surface area contributed by atoms with Crippen molar-refractivity contribution in [1.82, 2.24) is 9.61 Å². The summed E-state index contributed by atoms with van der Waals surface area (Å²) in [6.07, 6.45) is 3.94. The van der Waals surface area contributed by atoms with Crippen LogP contribution in [0.5, 0.6) is 0 Å². The minimum absolute atomic E-state index is 0.343. The van der Waals surface area contributed by atoms with Gasteiger partial charge in [0.2, 0.25) is 0 Å². The average molecular weight is 295 g/mol. The molecule has 4 nitrogen and oxygen atoms in total. The topological polar surface area (TPSA) is 43.6 Å². The first-order valence-corrected chi connectivity index (χ1v) is 6.26. The van der Waals surface area contributed by atoms with Crippen LogP contribution in [0.2, 0.25) is 0 Å². The second-order valence-corrected chi connectivity index (χ2v) is 5.04. The number of rotatable bonds is 2. The van der Waals surface area contributed by atoms with E-state index in [0.717, 1.165) is 15.7 Å². The van der Waals surface area contributed by atoms with Crippen molar-refractivity contribution >= 4 is 27.4 Å². The lowest BCUT2D eigenvalue weighted by Gasteiger charge is -2.06. The molecule has 0 spiro atoms. The molecule has 0 amide bonds. The molecular weight excluding hydrogens is 284 g/mol. The molecular formula is C12H11BrN2O2. The van der Waals surface area contributed by atoms with Crippen LogP contribution in [0.25, 0.3) is 5.52 Å². The maximum atomic E-state index is 11.6. The summed E-state index contributed by atoms with van der Waals surface area (Å²) < 4.78 is 7.63. The van der Waals surface area contributed by atoms with E-state index in [1.54, 1.807) is 6.20 Å². The summed E-state index contributed by atoms with van der Waals surface area (Å²) in [5.74, 6) is 0.211. The number of fused-ring (bicyclic) bond motifs is 1. The molecule has 0 radical (unpaired) electrons. The van der Waals surface area contributed by atoms with Crippen LogP contribution in [-0.2, 0) is 4.74 Å². The molecule has 3 rings (SSSR count). The quantitative estimate of drug-likeness (QED) is 0.800. The summed E-state index contributed by atoms with van der Waals surface area (Å²) in [4.78, 5) is 11.6. The fourth-order valence-electron chi connectivity index (χ4n) is 2.04. The van der Waals surface area contributed by atoms with Crippen LogP contribution < -0.4 is 0 Å². The molecule has 1 aliphatic carbocycles. The molecule has 2 aromatic rings. The third-order valence-electron chi connectivity index (χ3n) is 3.04. The Bertz CT molecular complexity index is 602. The molecule has 0 saturated heterocycles. The molecule has 0 atom stereocenters. The minimum atomic E-state index is -0.343. The van der Waals surface area contributed by atoms with Gasteiger partial charge in [-0.25, -0.2) is 9.31 Å². The van der Waals surface area contributed by atoms with Gasteiger partial charge in [0, 0.05) is 10.4 Å². The van der Waals surface area contributed by atoms with Crippen LogP contribution in [0.3, 0.4) is 0 Å². The molecule has 2 heterocycles. The summed E-state index contributed by atoms with van der Waals surface area (Å²) in [7, 11) is 1.38. The number of hydrogen-bond donors (Lipinski definition) is 0. The number of nitrogens with zero attached hydrogens (tertiary/aromatic N) is 2. The van der Waals surface area contributed by atoms with Crippen molar-refractivity contribution in [1.29, 1.82) is 0 Å². The highest BCUT2D eigenvalue weighted by molar-refractivity contribution is 9.10. The molecule has 5 heteroatoms. The van der Waals surface area contributed by atoms with Crippen LogP contribution in [0.1, 0.15) is 34.8 Å². The molecule has 0 bridgehead atoms. The standard InChI is InChI=1S/C12H11BrN2O2/c1-17-12(16)8-6-14-15-10(8)5-4-9(13)11(15)7-2-3-7/h4-7H,2-3H2,1H3. The summed E-state index contributed by atoms with van der Waals surface area (Å²) in [5.41, 5.74) is 2.47. The van der Waals surface area contributed by atoms with Crippen molar-refractivity contribution in [2.75, 3.05) is 7.11 Å². The third-order valence-corrected chi connectivity index (χ3v) is 3.71. The number of pyridine rings is 1. The number of carbonyl (C=O) groups is 1. The Balaban J connectivity index is 2.24. The maximum Gasteiger partial charge on any atom is 0.341 e. The summed E-state index contributed by atoms with van der Waals surface area (Å²) in [5, 5.41) is 4.30. The van der Waals surface area contributed by atoms with E-state index in [2.05, 4.69) is 21.0 Å². The largest absolute Gasteiger partial charge is 0.465 e. The van der Waals surface area contributed by atoms with Crippen molar-refractivity contribution in [3.05, 3.63) is 34.1 Å². The predicted octanol–water partition coefficient (Wildman–Crippen LogP) is 2.76. The highest BCUT2D eigenvalue weighted by Crippen LogP contribution is 2.43. The van der Waals surface area contributed by atoms with E-state index in [-0.39, 0.29) is 5.97 Å². The normalized spacial score (nSPS) is 15.2. The van der Waals surface area contributed by atoms with Gasteiger partial charge in [-0.3, -0.25) is 0 Å². The first-order chi connectivity index (χ1) is 8.22. The Morgan fingerprint density at radius 3 is 2.94 bits per heavy atom. The summed E-state index contributed by atoms with van der Waals surface area (Å²) >= 11 is 3.54. The van der Waals surface area contributed by atoms with Crippen LogP contribution in [0.15, 0.2) is 22.8 Å². The van der Waals surface area contributed by atoms with E-state index in [1.165, 1.54) is 20.0 Å². The van der Waals surface area contributed by atoms with Gasteiger partial charge >= 0.3 is 5.97 Å². The molecule has 2 aromatic heterocycles. The van der Waals surface area contributed by atoms with Crippen LogP contribution in [0, 0.1) is 0 Å². The second-order valence-electron chi connectivity index (χ2n) is 4.19. The van der Waals surface area contributed by atoms with E-state index in [9.17, 15) is 4.79 Å². The molecule has 0 unspecified atom stereocenters. The van der Waals surface area contributed by atoms with Crippen molar-refractivity contribution < 1.29 is 9.53 Å². The lowest BCUT2D eigenvalue weighted by atomic mass is 10.2. The number of hydrogen-bond acceptors (Lipinski definition) is 3. The number of halogens is 1. The van der Waals surface area contributed by atoms with Gasteiger partial charge in [0.1, 0.15) is 5.56 Å². The van der Waals surface area contributed by atoms with Gasteiger partial charge in [0.05, 0.1) is 24.5 Å². The van der Waals surface area contributed by atoms with E-state index in [0.29, 0.717) is 11.5 Å². The first kappa shape index (κ1) is 10.8. The zero-order valence-electron chi connectivity index (χ0n) is 9.31. The molecule has 1 aliphatic rings. The molecule has 0 aromatic carbocycles. The van der Waals surface area contributed by atoms with E-state index < -0.39 is 0 Å². The highest BCUT2D eigenvalue weighted by atomic mass is 79.9.